The van der Waals surface area contributed by atoms with Crippen LogP contribution in [0.5, 0.6) is 0 Å². The first kappa shape index (κ1) is 12.6. The van der Waals surface area contributed by atoms with E-state index in [-0.39, 0.29) is 5.56 Å². The molecule has 98 valence electrons. The number of nitrogens with zero attached hydrogens (tertiary/aromatic N) is 1. The van der Waals surface area contributed by atoms with E-state index in [1.807, 2.05) is 25.1 Å². The zero-order chi connectivity index (χ0) is 13.4. The number of H-pyrrole nitrogens is 1. The van der Waals surface area contributed by atoms with Crippen LogP contribution in [0.3, 0.4) is 0 Å². The predicted octanol–water partition coefficient (Wildman–Crippen LogP) is 2.15. The summed E-state index contributed by atoms with van der Waals surface area (Å²) in [6, 6.07) is 5.98. The van der Waals surface area contributed by atoms with Gasteiger partial charge in [0, 0.05) is 29.5 Å². The van der Waals surface area contributed by atoms with E-state index < -0.39 is 0 Å². The van der Waals surface area contributed by atoms with Gasteiger partial charge in [0.05, 0.1) is 11.3 Å². The van der Waals surface area contributed by atoms with Crippen molar-refractivity contribution in [2.24, 2.45) is 0 Å². The summed E-state index contributed by atoms with van der Waals surface area (Å²) < 4.78 is 1.02. The lowest BCUT2D eigenvalue weighted by Gasteiger charge is -2.16. The van der Waals surface area contributed by atoms with E-state index in [2.05, 4.69) is 31.2 Å². The fourth-order valence-corrected chi connectivity index (χ4v) is 2.61. The molecule has 1 aliphatic rings. The Labute approximate surface area is 119 Å². The lowest BCUT2D eigenvalue weighted by Crippen LogP contribution is -2.31. The van der Waals surface area contributed by atoms with Gasteiger partial charge in [0.15, 0.2) is 0 Å². The van der Waals surface area contributed by atoms with Crippen molar-refractivity contribution in [3.05, 3.63) is 49.8 Å². The second-order valence-corrected chi connectivity index (χ2v) is 5.58. The average molecular weight is 320 g/mol. The number of hydrogen-bond donors (Lipinski definition) is 2. The van der Waals surface area contributed by atoms with E-state index in [4.69, 9.17) is 0 Å². The van der Waals surface area contributed by atoms with E-state index in [0.29, 0.717) is 12.4 Å². The molecule has 0 saturated heterocycles. The quantitative estimate of drug-likeness (QED) is 0.846. The molecule has 1 aliphatic heterocycles. The molecule has 0 bridgehead atoms. The summed E-state index contributed by atoms with van der Waals surface area (Å²) in [4.78, 5) is 19.5. The number of nitrogens with one attached hydrogen (secondary N) is 2. The minimum atomic E-state index is -0.0381. The molecule has 2 heterocycles. The molecule has 0 fully saturated rings. The zero-order valence-corrected chi connectivity index (χ0v) is 12.2. The summed E-state index contributed by atoms with van der Waals surface area (Å²) in [6.45, 7) is 3.51. The van der Waals surface area contributed by atoms with E-state index >= 15 is 0 Å². The molecule has 4 nitrogen and oxygen atoms in total. The number of fused-ring (bicyclic) bond motifs is 1. The van der Waals surface area contributed by atoms with Crippen LogP contribution >= 0.6 is 15.9 Å². The lowest BCUT2D eigenvalue weighted by atomic mass is 10.1. The van der Waals surface area contributed by atoms with Crippen molar-refractivity contribution in [1.29, 1.82) is 0 Å². The molecule has 5 heteroatoms. The summed E-state index contributed by atoms with van der Waals surface area (Å²) in [5, 5.41) is 3.19. The Morgan fingerprint density at radius 2 is 2.21 bits per heavy atom. The number of halogens is 1. The molecule has 0 spiro atoms. The van der Waals surface area contributed by atoms with Gasteiger partial charge in [-0.15, -0.1) is 0 Å². The van der Waals surface area contributed by atoms with Gasteiger partial charge >= 0.3 is 0 Å². The Balaban J connectivity index is 2.12. The van der Waals surface area contributed by atoms with Crippen LogP contribution in [0, 0.1) is 6.92 Å². The minimum Gasteiger partial charge on any atom is -0.312 e. The third kappa shape index (κ3) is 2.35. The number of rotatable bonds is 1. The van der Waals surface area contributed by atoms with Crippen molar-refractivity contribution in [1.82, 2.24) is 15.3 Å². The highest BCUT2D eigenvalue weighted by Gasteiger charge is 2.15. The monoisotopic (exact) mass is 319 g/mol. The molecule has 1 aromatic carbocycles. The van der Waals surface area contributed by atoms with Crippen LogP contribution in [0.1, 0.15) is 16.8 Å². The topological polar surface area (TPSA) is 57.8 Å². The van der Waals surface area contributed by atoms with Crippen LogP contribution in [0.4, 0.5) is 0 Å². The van der Waals surface area contributed by atoms with Gasteiger partial charge in [-0.2, -0.15) is 0 Å². The van der Waals surface area contributed by atoms with Crippen molar-refractivity contribution >= 4 is 15.9 Å². The molecule has 2 aromatic rings. The summed E-state index contributed by atoms with van der Waals surface area (Å²) in [6.07, 6.45) is 0.805. The molecule has 1 aromatic heterocycles. The molecule has 3 rings (SSSR count). The predicted molar refractivity (Wildman–Crippen MR) is 78.1 cm³/mol. The normalized spacial score (nSPS) is 14.2. The van der Waals surface area contributed by atoms with Gasteiger partial charge in [0.2, 0.25) is 0 Å². The maximum atomic E-state index is 12.1. The third-order valence-electron chi connectivity index (χ3n) is 3.39. The first-order valence-corrected chi connectivity index (χ1v) is 7.04. The van der Waals surface area contributed by atoms with Gasteiger partial charge in [0.1, 0.15) is 5.82 Å². The van der Waals surface area contributed by atoms with Crippen molar-refractivity contribution < 1.29 is 0 Å². The first-order valence-electron chi connectivity index (χ1n) is 6.24. The van der Waals surface area contributed by atoms with Gasteiger partial charge < -0.3 is 10.3 Å². The molecule has 19 heavy (non-hydrogen) atoms. The fourth-order valence-electron chi connectivity index (χ4n) is 2.23. The molecule has 2 N–H and O–H groups in total. The molecule has 0 atom stereocenters. The molecule has 0 unspecified atom stereocenters. The smallest absolute Gasteiger partial charge is 0.255 e. The molecule has 0 aliphatic carbocycles. The lowest BCUT2D eigenvalue weighted by molar-refractivity contribution is 0.621. The van der Waals surface area contributed by atoms with Crippen LogP contribution in [-0.4, -0.2) is 16.5 Å². The average Bonchev–Trinajstić information content (AvgIpc) is 2.42. The molecular formula is C14H14BrN3O. The first-order chi connectivity index (χ1) is 9.15. The zero-order valence-electron chi connectivity index (χ0n) is 10.6. The number of aromatic nitrogens is 2. The van der Waals surface area contributed by atoms with Crippen LogP contribution in [0.2, 0.25) is 0 Å². The van der Waals surface area contributed by atoms with E-state index in [0.717, 1.165) is 39.8 Å². The Morgan fingerprint density at radius 3 is 3.00 bits per heavy atom. The summed E-state index contributed by atoms with van der Waals surface area (Å²) in [5.74, 6) is 0.645. The van der Waals surface area contributed by atoms with Gasteiger partial charge in [-0.05, 0) is 18.6 Å². The maximum absolute atomic E-state index is 12.1. The van der Waals surface area contributed by atoms with E-state index in [9.17, 15) is 4.79 Å². The molecule has 0 amide bonds. The molecular weight excluding hydrogens is 306 g/mol. The van der Waals surface area contributed by atoms with Crippen molar-refractivity contribution in [2.75, 3.05) is 6.54 Å². The van der Waals surface area contributed by atoms with E-state index in [1.165, 1.54) is 0 Å². The van der Waals surface area contributed by atoms with Crippen molar-refractivity contribution in [3.63, 3.8) is 0 Å². The van der Waals surface area contributed by atoms with Gasteiger partial charge in [-0.3, -0.25) is 4.79 Å². The Morgan fingerprint density at radius 1 is 1.37 bits per heavy atom. The van der Waals surface area contributed by atoms with Crippen LogP contribution < -0.4 is 10.9 Å². The summed E-state index contributed by atoms with van der Waals surface area (Å²) in [7, 11) is 0. The van der Waals surface area contributed by atoms with Crippen molar-refractivity contribution in [2.45, 2.75) is 19.9 Å². The highest BCUT2D eigenvalue weighted by Crippen LogP contribution is 2.23. The Hall–Kier alpha value is -1.46. The third-order valence-corrected chi connectivity index (χ3v) is 4.24. The standard InChI is InChI=1S/C14H14BrN3O/c1-8-2-3-9(6-11(8)15)13-17-12-4-5-16-7-10(12)14(19)18-13/h2-3,6,16H,4-5,7H2,1H3,(H,17,18,19). The van der Waals surface area contributed by atoms with Crippen molar-refractivity contribution in [3.8, 4) is 11.4 Å². The highest BCUT2D eigenvalue weighted by atomic mass is 79.9. The molecule has 0 saturated carbocycles. The second kappa shape index (κ2) is 4.90. The van der Waals surface area contributed by atoms with Gasteiger partial charge in [-0.25, -0.2) is 4.98 Å². The SMILES string of the molecule is Cc1ccc(-c2nc3c(c(=O)[nH]2)CNCC3)cc1Br. The van der Waals surface area contributed by atoms with E-state index in [1.54, 1.807) is 0 Å². The second-order valence-electron chi connectivity index (χ2n) is 4.73. The maximum Gasteiger partial charge on any atom is 0.255 e. The van der Waals surface area contributed by atoms with Gasteiger partial charge in [-0.1, -0.05) is 28.1 Å². The highest BCUT2D eigenvalue weighted by molar-refractivity contribution is 9.10. The van der Waals surface area contributed by atoms with Crippen LogP contribution in [0.15, 0.2) is 27.5 Å². The molecule has 0 radical (unpaired) electrons. The fraction of sp³-hybridized carbons (Fsp3) is 0.286. The number of benzene rings is 1. The largest absolute Gasteiger partial charge is 0.312 e. The number of aryl methyl sites for hydroxylation is 1. The number of hydrogen-bond acceptors (Lipinski definition) is 3. The summed E-state index contributed by atoms with van der Waals surface area (Å²) >= 11 is 3.51. The van der Waals surface area contributed by atoms with Crippen LogP contribution in [-0.2, 0) is 13.0 Å². The Bertz CT molecular complexity index is 694. The van der Waals surface area contributed by atoms with Crippen LogP contribution in [0.25, 0.3) is 11.4 Å². The van der Waals surface area contributed by atoms with Gasteiger partial charge in [0.25, 0.3) is 5.56 Å². The number of aromatic amines is 1. The summed E-state index contributed by atoms with van der Waals surface area (Å²) in [5.41, 5.74) is 3.73. The minimum absolute atomic E-state index is 0.0381. The Kier molecular flexibility index (Phi) is 3.24.